The standard InChI is InChI=1S/C33H34N2O4S/c1-5-18-35(19-6-2)25-15-17-27-30(21-25)39-29-20-24(34-33-22(3)10-9-11-23(33)4)14-16-26(29)32(27)28-12-7-8-13-31(28)40(36,37)38/h7-17,20-21H,5-6,18-19H2,1-4H3,(H,36,37,38)/p+1. The Kier molecular flexibility index (Phi) is 7.79. The monoisotopic (exact) mass is 555 g/mol. The average molecular weight is 556 g/mol. The smallest absolute Gasteiger partial charge is 0.295 e. The third-order valence-corrected chi connectivity index (χ3v) is 8.15. The van der Waals surface area contributed by atoms with Crippen LogP contribution >= 0.6 is 0 Å². The van der Waals surface area contributed by atoms with Gasteiger partial charge in [-0.1, -0.05) is 50.2 Å². The van der Waals surface area contributed by atoms with Crippen molar-refractivity contribution in [2.45, 2.75) is 45.4 Å². The van der Waals surface area contributed by atoms with E-state index in [4.69, 9.17) is 4.42 Å². The van der Waals surface area contributed by atoms with Gasteiger partial charge in [-0.3, -0.25) is 4.55 Å². The topological polar surface area (TPSA) is 82.5 Å². The molecule has 0 saturated carbocycles. The first-order valence-corrected chi connectivity index (χ1v) is 15.1. The van der Waals surface area contributed by atoms with Crippen LogP contribution in [0.15, 0.2) is 88.2 Å². The van der Waals surface area contributed by atoms with Gasteiger partial charge in [-0.15, -0.1) is 0 Å². The lowest BCUT2D eigenvalue weighted by atomic mass is 9.93. The highest BCUT2D eigenvalue weighted by Crippen LogP contribution is 2.43. The van der Waals surface area contributed by atoms with E-state index in [-0.39, 0.29) is 4.90 Å². The Bertz CT molecular complexity index is 1830. The molecule has 6 nitrogen and oxygen atoms in total. The third-order valence-electron chi connectivity index (χ3n) is 7.24. The number of aryl methyl sites for hydroxylation is 2. The minimum atomic E-state index is -4.46. The first kappa shape index (κ1) is 27.6. The lowest BCUT2D eigenvalue weighted by Crippen LogP contribution is -2.31. The summed E-state index contributed by atoms with van der Waals surface area (Å²) < 4.78 is 43.8. The molecular formula is C33H35N2O4S+. The number of anilines is 2. The van der Waals surface area contributed by atoms with Gasteiger partial charge in [0, 0.05) is 58.4 Å². The first-order chi connectivity index (χ1) is 19.2. The van der Waals surface area contributed by atoms with Crippen LogP contribution in [0.4, 0.5) is 11.4 Å². The summed E-state index contributed by atoms with van der Waals surface area (Å²) >= 11 is 0. The van der Waals surface area contributed by atoms with Crippen LogP contribution in [-0.2, 0) is 10.1 Å². The second-order valence-electron chi connectivity index (χ2n) is 10.2. The molecule has 3 aromatic carbocycles. The fourth-order valence-corrected chi connectivity index (χ4v) is 6.11. The normalized spacial score (nSPS) is 11.7. The zero-order chi connectivity index (χ0) is 28.4. The third kappa shape index (κ3) is 5.40. The Hall–Kier alpha value is -3.94. The van der Waals surface area contributed by atoms with E-state index in [9.17, 15) is 13.0 Å². The molecule has 0 aromatic heterocycles. The molecule has 0 radical (unpaired) electrons. The zero-order valence-corrected chi connectivity index (χ0v) is 24.2. The maximum Gasteiger partial charge on any atom is 0.295 e. The van der Waals surface area contributed by atoms with Crippen molar-refractivity contribution in [1.29, 1.82) is 0 Å². The van der Waals surface area contributed by atoms with Gasteiger partial charge < -0.3 is 9.73 Å². The number of hydrogen-bond acceptors (Lipinski definition) is 4. The van der Waals surface area contributed by atoms with Crippen molar-refractivity contribution in [3.05, 3.63) is 95.3 Å². The predicted octanol–water partition coefficient (Wildman–Crippen LogP) is 7.40. The van der Waals surface area contributed by atoms with Gasteiger partial charge in [0.25, 0.3) is 10.1 Å². The van der Waals surface area contributed by atoms with Crippen LogP contribution in [0.2, 0.25) is 0 Å². The van der Waals surface area contributed by atoms with Crippen molar-refractivity contribution < 1.29 is 17.4 Å². The Morgan fingerprint density at radius 1 is 0.825 bits per heavy atom. The van der Waals surface area contributed by atoms with E-state index >= 15 is 0 Å². The molecular weight excluding hydrogens is 520 g/mol. The average Bonchev–Trinajstić information content (AvgIpc) is 2.93. The Labute approximate surface area is 235 Å². The lowest BCUT2D eigenvalue weighted by molar-refractivity contribution is 0.483. The van der Waals surface area contributed by atoms with Crippen molar-refractivity contribution in [2.24, 2.45) is 0 Å². The second-order valence-corrected chi connectivity index (χ2v) is 11.6. The number of hydrogen-bond donors (Lipinski definition) is 2. The molecule has 3 aromatic rings. The molecule has 40 heavy (non-hydrogen) atoms. The zero-order valence-electron chi connectivity index (χ0n) is 23.4. The van der Waals surface area contributed by atoms with E-state index in [2.05, 4.69) is 55.8 Å². The summed E-state index contributed by atoms with van der Waals surface area (Å²) in [5.74, 6) is 0.645. The molecule has 7 heteroatoms. The number of para-hydroxylation sites is 1. The Morgan fingerprint density at radius 3 is 2.20 bits per heavy atom. The molecule has 2 aliphatic rings. The largest absolute Gasteiger partial charge is 0.456 e. The van der Waals surface area contributed by atoms with E-state index in [0.29, 0.717) is 22.5 Å². The van der Waals surface area contributed by atoms with Crippen LogP contribution in [0.25, 0.3) is 33.4 Å². The second kappa shape index (κ2) is 11.3. The molecule has 1 aliphatic carbocycles. The van der Waals surface area contributed by atoms with Crippen molar-refractivity contribution in [1.82, 2.24) is 4.58 Å². The van der Waals surface area contributed by atoms with Crippen molar-refractivity contribution in [3.8, 4) is 22.5 Å². The van der Waals surface area contributed by atoms with Crippen LogP contribution in [0.5, 0.6) is 0 Å². The van der Waals surface area contributed by atoms with Gasteiger partial charge in [0.05, 0.1) is 6.07 Å². The molecule has 2 N–H and O–H groups in total. The summed E-state index contributed by atoms with van der Waals surface area (Å²) in [5, 5.41) is 5.34. The lowest BCUT2D eigenvalue weighted by Gasteiger charge is -2.18. The SMILES string of the molecule is CCC[N+](CCC)=c1ccc2c(-c3ccccc3S(=O)(=O)O)c3ccc(Nc4c(C)cccc4C)cc3oc-2c1. The number of fused-ring (bicyclic) bond motifs is 2. The van der Waals surface area contributed by atoms with Crippen LogP contribution in [0.1, 0.15) is 37.8 Å². The molecule has 0 atom stereocenters. The van der Waals surface area contributed by atoms with Gasteiger partial charge in [0.15, 0.2) is 0 Å². The predicted molar refractivity (Wildman–Crippen MR) is 163 cm³/mol. The fraction of sp³-hybridized carbons (Fsp3) is 0.242. The minimum absolute atomic E-state index is 0.135. The quantitative estimate of drug-likeness (QED) is 0.118. The minimum Gasteiger partial charge on any atom is -0.456 e. The van der Waals surface area contributed by atoms with Crippen molar-refractivity contribution in [3.63, 3.8) is 0 Å². The number of nitrogens with zero attached hydrogens (tertiary/aromatic N) is 1. The van der Waals surface area contributed by atoms with Crippen LogP contribution in [-0.4, -0.2) is 26.1 Å². The van der Waals surface area contributed by atoms with Crippen molar-refractivity contribution in [2.75, 3.05) is 18.4 Å². The Morgan fingerprint density at radius 2 is 1.52 bits per heavy atom. The first-order valence-electron chi connectivity index (χ1n) is 13.7. The summed E-state index contributed by atoms with van der Waals surface area (Å²) in [4.78, 5) is -0.135. The molecule has 0 fully saturated rings. The Balaban J connectivity index is 1.82. The highest BCUT2D eigenvalue weighted by atomic mass is 32.2. The number of benzene rings is 4. The van der Waals surface area contributed by atoms with E-state index in [1.807, 2.05) is 36.4 Å². The molecule has 0 saturated heterocycles. The number of rotatable bonds is 8. The summed E-state index contributed by atoms with van der Waals surface area (Å²) in [7, 11) is -4.46. The molecule has 0 amide bonds. The van der Waals surface area contributed by atoms with Crippen molar-refractivity contribution >= 4 is 32.5 Å². The molecule has 206 valence electrons. The van der Waals surface area contributed by atoms with E-state index in [1.54, 1.807) is 18.2 Å². The van der Waals surface area contributed by atoms with Gasteiger partial charge >= 0.3 is 0 Å². The van der Waals surface area contributed by atoms with Crippen LogP contribution in [0.3, 0.4) is 0 Å². The van der Waals surface area contributed by atoms with Gasteiger partial charge in [0.1, 0.15) is 29.3 Å². The van der Waals surface area contributed by atoms with Crippen LogP contribution < -0.4 is 15.2 Å². The van der Waals surface area contributed by atoms with Gasteiger partial charge in [-0.25, -0.2) is 4.58 Å². The molecule has 1 heterocycles. The van der Waals surface area contributed by atoms with E-state index in [0.717, 1.165) is 64.7 Å². The van der Waals surface area contributed by atoms with Gasteiger partial charge in [-0.2, -0.15) is 8.42 Å². The summed E-state index contributed by atoms with van der Waals surface area (Å²) in [5.41, 5.74) is 6.68. The molecule has 1 aliphatic heterocycles. The van der Waals surface area contributed by atoms with Gasteiger partial charge in [0.2, 0.25) is 5.36 Å². The molecule has 0 bridgehead atoms. The van der Waals surface area contributed by atoms with E-state index in [1.165, 1.54) is 6.07 Å². The summed E-state index contributed by atoms with van der Waals surface area (Å²) in [6.07, 6.45) is 2.04. The van der Waals surface area contributed by atoms with Gasteiger partial charge in [-0.05, 0) is 49.2 Å². The maximum absolute atomic E-state index is 12.4. The van der Waals surface area contributed by atoms with E-state index < -0.39 is 10.1 Å². The fourth-order valence-electron chi connectivity index (χ4n) is 5.41. The molecule has 0 unspecified atom stereocenters. The molecule has 0 spiro atoms. The summed E-state index contributed by atoms with van der Waals surface area (Å²) in [6.45, 7) is 10.3. The molecule has 5 rings (SSSR count). The highest BCUT2D eigenvalue weighted by Gasteiger charge is 2.24. The van der Waals surface area contributed by atoms with Crippen LogP contribution in [0, 0.1) is 13.8 Å². The summed E-state index contributed by atoms with van der Waals surface area (Å²) in [6, 6.07) is 24.7. The highest BCUT2D eigenvalue weighted by molar-refractivity contribution is 7.86. The number of nitrogens with one attached hydrogen (secondary N) is 1. The maximum atomic E-state index is 12.4.